The molecule has 22 heavy (non-hydrogen) atoms. The van der Waals surface area contributed by atoms with Crippen molar-refractivity contribution in [1.82, 2.24) is 4.90 Å². The summed E-state index contributed by atoms with van der Waals surface area (Å²) in [5.41, 5.74) is 2.61. The van der Waals surface area contributed by atoms with E-state index in [1.54, 1.807) is 18.2 Å². The molecule has 2 nitrogen and oxygen atoms in total. The van der Waals surface area contributed by atoms with Crippen LogP contribution in [0.4, 0.5) is 4.39 Å². The summed E-state index contributed by atoms with van der Waals surface area (Å²) in [6.07, 6.45) is 1.63. The molecule has 2 aromatic carbocycles. The molecule has 1 saturated heterocycles. The lowest BCUT2D eigenvalue weighted by atomic mass is 9.93. The van der Waals surface area contributed by atoms with Crippen LogP contribution in [-0.2, 0) is 0 Å². The van der Waals surface area contributed by atoms with Gasteiger partial charge < -0.3 is 5.11 Å². The van der Waals surface area contributed by atoms with E-state index in [1.165, 1.54) is 23.3 Å². The van der Waals surface area contributed by atoms with Gasteiger partial charge in [-0.15, -0.1) is 0 Å². The summed E-state index contributed by atoms with van der Waals surface area (Å²) in [7, 11) is 2.14. The molecule has 2 aromatic rings. The van der Waals surface area contributed by atoms with Crippen LogP contribution in [0.1, 0.15) is 30.0 Å². The molecule has 0 amide bonds. The van der Waals surface area contributed by atoms with Gasteiger partial charge in [-0.3, -0.25) is 4.90 Å². The highest BCUT2D eigenvalue weighted by Gasteiger charge is 2.25. The molecule has 3 heteroatoms. The molecule has 2 unspecified atom stereocenters. The molecule has 0 aromatic heterocycles. The van der Waals surface area contributed by atoms with Crippen molar-refractivity contribution < 1.29 is 9.50 Å². The molecule has 0 aliphatic carbocycles. The van der Waals surface area contributed by atoms with E-state index in [2.05, 4.69) is 43.1 Å². The number of benzene rings is 2. The van der Waals surface area contributed by atoms with E-state index in [0.717, 1.165) is 19.4 Å². The van der Waals surface area contributed by atoms with Crippen LogP contribution in [0, 0.1) is 12.7 Å². The zero-order valence-corrected chi connectivity index (χ0v) is 13.2. The molecule has 2 atom stereocenters. The number of aliphatic hydroxyl groups is 1. The van der Waals surface area contributed by atoms with Crippen LogP contribution in [0.15, 0.2) is 54.6 Å². The highest BCUT2D eigenvalue weighted by atomic mass is 19.1. The third-order valence-corrected chi connectivity index (χ3v) is 4.04. The topological polar surface area (TPSA) is 23.5 Å². The van der Waals surface area contributed by atoms with Gasteiger partial charge in [0.15, 0.2) is 0 Å². The number of piperidine rings is 1. The van der Waals surface area contributed by atoms with Crippen LogP contribution in [-0.4, -0.2) is 29.7 Å². The van der Waals surface area contributed by atoms with Gasteiger partial charge in [0.05, 0.1) is 6.10 Å². The molecule has 0 spiro atoms. The number of nitrogens with zero attached hydrogens (tertiary/aromatic N) is 1. The Balaban J connectivity index is 0.000000211. The number of rotatable bonds is 1. The smallest absolute Gasteiger partial charge is 0.123 e. The lowest BCUT2D eigenvalue weighted by molar-refractivity contribution is 0.0552. The van der Waals surface area contributed by atoms with Crippen LogP contribution >= 0.6 is 0 Å². The molecule has 3 rings (SSSR count). The summed E-state index contributed by atoms with van der Waals surface area (Å²) in [6, 6.07) is 17.0. The summed E-state index contributed by atoms with van der Waals surface area (Å²) >= 11 is 0. The minimum absolute atomic E-state index is 0.132. The van der Waals surface area contributed by atoms with Crippen LogP contribution < -0.4 is 0 Å². The predicted molar refractivity (Wildman–Crippen MR) is 88.2 cm³/mol. The third-order valence-electron chi connectivity index (χ3n) is 4.04. The first-order valence-corrected chi connectivity index (χ1v) is 7.71. The standard InChI is InChI=1S/C13H19NO.C6H5F/c1-10-3-5-11(6-4-10)13-9-12(15)7-8-14(13)2;7-6-4-2-1-3-5-6/h3-6,12-13,15H,7-9H2,1-2H3;1-5H. The Morgan fingerprint density at radius 1 is 1.05 bits per heavy atom. The Hall–Kier alpha value is -1.71. The van der Waals surface area contributed by atoms with Gasteiger partial charge in [0.2, 0.25) is 0 Å². The molecular formula is C19H24FNO. The van der Waals surface area contributed by atoms with Crippen LogP contribution in [0.25, 0.3) is 0 Å². The number of hydrogen-bond donors (Lipinski definition) is 1. The number of aryl methyl sites for hydroxylation is 1. The van der Waals surface area contributed by atoms with Crippen molar-refractivity contribution in [3.63, 3.8) is 0 Å². The SMILES string of the molecule is Cc1ccc(C2CC(O)CCN2C)cc1.Fc1ccccc1. The van der Waals surface area contributed by atoms with E-state index in [4.69, 9.17) is 0 Å². The fourth-order valence-electron chi connectivity index (χ4n) is 2.66. The van der Waals surface area contributed by atoms with Crippen molar-refractivity contribution in [3.05, 3.63) is 71.5 Å². The number of hydrogen-bond acceptors (Lipinski definition) is 2. The van der Waals surface area contributed by atoms with E-state index in [-0.39, 0.29) is 11.9 Å². The Morgan fingerprint density at radius 3 is 2.23 bits per heavy atom. The molecule has 0 saturated carbocycles. The monoisotopic (exact) mass is 301 g/mol. The van der Waals surface area contributed by atoms with Crippen molar-refractivity contribution in [3.8, 4) is 0 Å². The number of likely N-dealkylation sites (tertiary alicyclic amines) is 1. The normalized spacial score (nSPS) is 21.8. The fourth-order valence-corrected chi connectivity index (χ4v) is 2.66. The second-order valence-electron chi connectivity index (χ2n) is 5.88. The first-order chi connectivity index (χ1) is 10.6. The first kappa shape index (κ1) is 16.7. The van der Waals surface area contributed by atoms with Gasteiger partial charge in [-0.2, -0.15) is 0 Å². The molecular weight excluding hydrogens is 277 g/mol. The summed E-state index contributed by atoms with van der Waals surface area (Å²) in [5.74, 6) is -0.178. The maximum Gasteiger partial charge on any atom is 0.123 e. The molecule has 1 heterocycles. The zero-order chi connectivity index (χ0) is 15.9. The third kappa shape index (κ3) is 4.93. The molecule has 118 valence electrons. The summed E-state index contributed by atoms with van der Waals surface area (Å²) in [6.45, 7) is 3.09. The van der Waals surface area contributed by atoms with E-state index in [0.29, 0.717) is 6.04 Å². The number of halogens is 1. The van der Waals surface area contributed by atoms with Gasteiger partial charge in [-0.1, -0.05) is 48.0 Å². The average molecular weight is 301 g/mol. The second kappa shape index (κ2) is 8.06. The van der Waals surface area contributed by atoms with Crippen molar-refractivity contribution in [1.29, 1.82) is 0 Å². The fraction of sp³-hybridized carbons (Fsp3) is 0.368. The highest BCUT2D eigenvalue weighted by Crippen LogP contribution is 2.29. The van der Waals surface area contributed by atoms with Gasteiger partial charge in [-0.05, 0) is 44.5 Å². The maximum atomic E-state index is 11.9. The van der Waals surface area contributed by atoms with E-state index < -0.39 is 0 Å². The van der Waals surface area contributed by atoms with Gasteiger partial charge >= 0.3 is 0 Å². The molecule has 1 fully saturated rings. The highest BCUT2D eigenvalue weighted by molar-refractivity contribution is 5.24. The molecule has 1 aliphatic heterocycles. The molecule has 0 radical (unpaired) electrons. The lowest BCUT2D eigenvalue weighted by Crippen LogP contribution is -2.35. The van der Waals surface area contributed by atoms with Gasteiger partial charge in [0, 0.05) is 12.6 Å². The van der Waals surface area contributed by atoms with Crippen molar-refractivity contribution >= 4 is 0 Å². The van der Waals surface area contributed by atoms with Crippen LogP contribution in [0.2, 0.25) is 0 Å². The van der Waals surface area contributed by atoms with Crippen LogP contribution in [0.5, 0.6) is 0 Å². The number of aliphatic hydroxyl groups excluding tert-OH is 1. The quantitative estimate of drug-likeness (QED) is 0.862. The zero-order valence-electron chi connectivity index (χ0n) is 13.2. The Labute approximate surface area is 132 Å². The Bertz CT molecular complexity index is 555. The van der Waals surface area contributed by atoms with Gasteiger partial charge in [-0.25, -0.2) is 4.39 Å². The Morgan fingerprint density at radius 2 is 1.68 bits per heavy atom. The second-order valence-corrected chi connectivity index (χ2v) is 5.88. The van der Waals surface area contributed by atoms with Gasteiger partial charge in [0.1, 0.15) is 5.82 Å². The average Bonchev–Trinajstić information content (AvgIpc) is 2.52. The maximum absolute atomic E-state index is 11.9. The predicted octanol–water partition coefficient (Wildman–Crippen LogP) is 3.95. The Kier molecular flexibility index (Phi) is 6.10. The minimum atomic E-state index is -0.178. The molecule has 1 N–H and O–H groups in total. The largest absolute Gasteiger partial charge is 0.393 e. The van der Waals surface area contributed by atoms with Crippen molar-refractivity contribution in [2.45, 2.75) is 31.9 Å². The van der Waals surface area contributed by atoms with E-state index >= 15 is 0 Å². The van der Waals surface area contributed by atoms with Crippen molar-refractivity contribution in [2.24, 2.45) is 0 Å². The minimum Gasteiger partial charge on any atom is -0.393 e. The first-order valence-electron chi connectivity index (χ1n) is 7.71. The van der Waals surface area contributed by atoms with E-state index in [9.17, 15) is 9.50 Å². The van der Waals surface area contributed by atoms with Crippen molar-refractivity contribution in [2.75, 3.05) is 13.6 Å². The van der Waals surface area contributed by atoms with E-state index in [1.807, 2.05) is 0 Å². The lowest BCUT2D eigenvalue weighted by Gasteiger charge is -2.35. The molecule has 0 bridgehead atoms. The molecule has 1 aliphatic rings. The van der Waals surface area contributed by atoms with Gasteiger partial charge in [0.25, 0.3) is 0 Å². The summed E-state index contributed by atoms with van der Waals surface area (Å²) in [4.78, 5) is 2.33. The summed E-state index contributed by atoms with van der Waals surface area (Å²) in [5, 5.41) is 9.69. The van der Waals surface area contributed by atoms with Crippen LogP contribution in [0.3, 0.4) is 0 Å². The summed E-state index contributed by atoms with van der Waals surface area (Å²) < 4.78 is 11.9.